The van der Waals surface area contributed by atoms with Crippen LogP contribution >= 0.6 is 0 Å². The Labute approximate surface area is 107 Å². The Morgan fingerprint density at radius 1 is 1.61 bits per heavy atom. The Kier molecular flexibility index (Phi) is 5.84. The van der Waals surface area contributed by atoms with Crippen LogP contribution in [0.15, 0.2) is 10.5 Å². The van der Waals surface area contributed by atoms with Crippen molar-refractivity contribution in [2.24, 2.45) is 5.84 Å². The van der Waals surface area contributed by atoms with E-state index in [1.54, 1.807) is 13.0 Å². The fraction of sp³-hybridized carbons (Fsp3) is 0.583. The maximum absolute atomic E-state index is 11.4. The lowest BCUT2D eigenvalue weighted by atomic mass is 10.2. The first kappa shape index (κ1) is 14.7. The van der Waals surface area contributed by atoms with Gasteiger partial charge in [-0.3, -0.25) is 15.1 Å². The molecule has 0 aliphatic heterocycles. The molecule has 102 valence electrons. The Bertz CT molecular complexity index is 390. The third-order valence-electron chi connectivity index (χ3n) is 2.59. The van der Waals surface area contributed by atoms with Gasteiger partial charge in [-0.2, -0.15) is 0 Å². The topological polar surface area (TPSA) is 80.7 Å². The van der Waals surface area contributed by atoms with E-state index in [9.17, 15) is 4.79 Å². The number of hydrazine groups is 1. The van der Waals surface area contributed by atoms with Gasteiger partial charge in [0.05, 0.1) is 18.7 Å². The van der Waals surface area contributed by atoms with Crippen LogP contribution in [0.4, 0.5) is 0 Å². The molecule has 0 radical (unpaired) electrons. The van der Waals surface area contributed by atoms with Gasteiger partial charge in [-0.25, -0.2) is 5.84 Å². The largest absolute Gasteiger partial charge is 0.464 e. The number of carbonyl (C=O) groups excluding carboxylic acids is 1. The minimum Gasteiger partial charge on any atom is -0.464 e. The van der Waals surface area contributed by atoms with Crippen molar-refractivity contribution in [1.29, 1.82) is 0 Å². The monoisotopic (exact) mass is 255 g/mol. The molecule has 0 aliphatic rings. The summed E-state index contributed by atoms with van der Waals surface area (Å²) in [5.74, 6) is 6.08. The van der Waals surface area contributed by atoms with Crippen molar-refractivity contribution in [3.63, 3.8) is 0 Å². The zero-order chi connectivity index (χ0) is 13.5. The van der Waals surface area contributed by atoms with Gasteiger partial charge in [0.15, 0.2) is 0 Å². The zero-order valence-corrected chi connectivity index (χ0v) is 11.2. The molecule has 0 atom stereocenters. The molecule has 1 aromatic rings. The average Bonchev–Trinajstić information content (AvgIpc) is 2.69. The fourth-order valence-corrected chi connectivity index (χ4v) is 1.63. The Balaban J connectivity index is 2.54. The maximum Gasteiger partial charge on any atom is 0.268 e. The van der Waals surface area contributed by atoms with Crippen LogP contribution in [-0.4, -0.2) is 37.6 Å². The Hall–Kier alpha value is -1.37. The standard InChI is InChI=1S/C12H21N3O3/c1-4-17-6-5-15(3)8-10-7-11(9(2)18-10)12(16)14-13/h7H,4-6,8,13H2,1-3H3,(H,14,16). The smallest absolute Gasteiger partial charge is 0.268 e. The van der Waals surface area contributed by atoms with E-state index in [4.69, 9.17) is 15.0 Å². The molecule has 0 saturated heterocycles. The highest BCUT2D eigenvalue weighted by atomic mass is 16.5. The molecular formula is C12H21N3O3. The van der Waals surface area contributed by atoms with Gasteiger partial charge in [-0.05, 0) is 27.0 Å². The number of nitrogens with zero attached hydrogens (tertiary/aromatic N) is 1. The third kappa shape index (κ3) is 4.14. The molecule has 1 heterocycles. The SMILES string of the molecule is CCOCCN(C)Cc1cc(C(=O)NN)c(C)o1. The van der Waals surface area contributed by atoms with Crippen LogP contribution in [0, 0.1) is 6.92 Å². The fourth-order valence-electron chi connectivity index (χ4n) is 1.63. The van der Waals surface area contributed by atoms with Gasteiger partial charge in [-0.1, -0.05) is 0 Å². The quantitative estimate of drug-likeness (QED) is 0.324. The number of rotatable bonds is 7. The summed E-state index contributed by atoms with van der Waals surface area (Å²) >= 11 is 0. The molecule has 0 fully saturated rings. The van der Waals surface area contributed by atoms with E-state index in [0.717, 1.165) is 12.3 Å². The van der Waals surface area contributed by atoms with Crippen molar-refractivity contribution in [2.45, 2.75) is 20.4 Å². The van der Waals surface area contributed by atoms with Gasteiger partial charge in [0.1, 0.15) is 11.5 Å². The summed E-state index contributed by atoms with van der Waals surface area (Å²) in [6.45, 7) is 6.55. The van der Waals surface area contributed by atoms with Gasteiger partial charge in [0.2, 0.25) is 0 Å². The molecular weight excluding hydrogens is 234 g/mol. The minimum absolute atomic E-state index is 0.334. The summed E-state index contributed by atoms with van der Waals surface area (Å²) < 4.78 is 10.8. The summed E-state index contributed by atoms with van der Waals surface area (Å²) in [4.78, 5) is 13.5. The van der Waals surface area contributed by atoms with Crippen LogP contribution in [0.3, 0.4) is 0 Å². The number of hydrogen-bond acceptors (Lipinski definition) is 5. The van der Waals surface area contributed by atoms with Crippen LogP contribution < -0.4 is 11.3 Å². The van der Waals surface area contributed by atoms with Crippen molar-refractivity contribution in [2.75, 3.05) is 26.8 Å². The number of carbonyl (C=O) groups is 1. The normalized spacial score (nSPS) is 10.9. The van der Waals surface area contributed by atoms with E-state index >= 15 is 0 Å². The molecule has 1 aromatic heterocycles. The highest BCUT2D eigenvalue weighted by Crippen LogP contribution is 2.15. The van der Waals surface area contributed by atoms with Gasteiger partial charge in [-0.15, -0.1) is 0 Å². The molecule has 0 bridgehead atoms. The number of nitrogens with two attached hydrogens (primary N) is 1. The number of furan rings is 1. The minimum atomic E-state index is -0.334. The van der Waals surface area contributed by atoms with E-state index in [-0.39, 0.29) is 5.91 Å². The predicted molar refractivity (Wildman–Crippen MR) is 67.9 cm³/mol. The molecule has 0 spiro atoms. The Morgan fingerprint density at radius 3 is 2.94 bits per heavy atom. The highest BCUT2D eigenvalue weighted by Gasteiger charge is 2.14. The first-order valence-electron chi connectivity index (χ1n) is 5.95. The summed E-state index contributed by atoms with van der Waals surface area (Å²) in [6, 6.07) is 1.72. The molecule has 0 unspecified atom stereocenters. The molecule has 0 aromatic carbocycles. The van der Waals surface area contributed by atoms with E-state index < -0.39 is 0 Å². The summed E-state index contributed by atoms with van der Waals surface area (Å²) in [6.07, 6.45) is 0. The lowest BCUT2D eigenvalue weighted by Gasteiger charge is -2.14. The van der Waals surface area contributed by atoms with E-state index in [0.29, 0.717) is 31.1 Å². The number of hydrogen-bond donors (Lipinski definition) is 2. The highest BCUT2D eigenvalue weighted by molar-refractivity contribution is 5.94. The van der Waals surface area contributed by atoms with Crippen molar-refractivity contribution in [3.05, 3.63) is 23.2 Å². The van der Waals surface area contributed by atoms with Crippen LogP contribution in [0.2, 0.25) is 0 Å². The van der Waals surface area contributed by atoms with E-state index in [1.165, 1.54) is 0 Å². The molecule has 0 saturated carbocycles. The maximum atomic E-state index is 11.4. The average molecular weight is 255 g/mol. The van der Waals surface area contributed by atoms with E-state index in [2.05, 4.69) is 10.3 Å². The van der Waals surface area contributed by atoms with Crippen molar-refractivity contribution in [3.8, 4) is 0 Å². The van der Waals surface area contributed by atoms with Gasteiger partial charge >= 0.3 is 0 Å². The molecule has 6 heteroatoms. The first-order valence-corrected chi connectivity index (χ1v) is 5.95. The zero-order valence-electron chi connectivity index (χ0n) is 11.2. The van der Waals surface area contributed by atoms with Crippen LogP contribution in [0.1, 0.15) is 28.8 Å². The molecule has 6 nitrogen and oxygen atoms in total. The van der Waals surface area contributed by atoms with Crippen molar-refractivity contribution in [1.82, 2.24) is 10.3 Å². The summed E-state index contributed by atoms with van der Waals surface area (Å²) in [7, 11) is 1.97. The second kappa shape index (κ2) is 7.15. The van der Waals surface area contributed by atoms with Gasteiger partial charge < -0.3 is 9.15 Å². The number of amides is 1. The lowest BCUT2D eigenvalue weighted by molar-refractivity contribution is 0.0952. The number of aryl methyl sites for hydroxylation is 1. The Morgan fingerprint density at radius 2 is 2.33 bits per heavy atom. The van der Waals surface area contributed by atoms with Crippen LogP contribution in [-0.2, 0) is 11.3 Å². The number of nitrogen functional groups attached to an aromatic ring is 1. The second-order valence-corrected chi connectivity index (χ2v) is 4.09. The number of ether oxygens (including phenoxy) is 1. The van der Waals surface area contributed by atoms with Crippen molar-refractivity contribution < 1.29 is 13.9 Å². The van der Waals surface area contributed by atoms with Gasteiger partial charge in [0, 0.05) is 13.2 Å². The second-order valence-electron chi connectivity index (χ2n) is 4.09. The summed E-state index contributed by atoms with van der Waals surface area (Å²) in [5, 5.41) is 0. The van der Waals surface area contributed by atoms with Crippen LogP contribution in [0.5, 0.6) is 0 Å². The van der Waals surface area contributed by atoms with Crippen LogP contribution in [0.25, 0.3) is 0 Å². The van der Waals surface area contributed by atoms with E-state index in [1.807, 2.05) is 14.0 Å². The third-order valence-corrected chi connectivity index (χ3v) is 2.59. The van der Waals surface area contributed by atoms with Crippen molar-refractivity contribution >= 4 is 5.91 Å². The lowest BCUT2D eigenvalue weighted by Crippen LogP contribution is -2.30. The summed E-state index contributed by atoms with van der Waals surface area (Å²) in [5.41, 5.74) is 2.58. The molecule has 0 aliphatic carbocycles. The molecule has 18 heavy (non-hydrogen) atoms. The number of nitrogens with one attached hydrogen (secondary N) is 1. The van der Waals surface area contributed by atoms with Gasteiger partial charge in [0.25, 0.3) is 5.91 Å². The molecule has 3 N–H and O–H groups in total. The first-order chi connectivity index (χ1) is 8.58. The number of likely N-dealkylation sites (N-methyl/N-ethyl adjacent to an activating group) is 1. The molecule has 1 amide bonds. The molecule has 1 rings (SSSR count). The predicted octanol–water partition coefficient (Wildman–Crippen LogP) is 0.660.